The number of hydrogen-bond acceptors (Lipinski definition) is 3. The minimum Gasteiger partial charge on any atom is -0.294 e. The van der Waals surface area contributed by atoms with Crippen molar-refractivity contribution in [2.45, 2.75) is 30.3 Å². The lowest BCUT2D eigenvalue weighted by Gasteiger charge is -2.41. The second kappa shape index (κ2) is 6.18. The van der Waals surface area contributed by atoms with Crippen molar-refractivity contribution < 1.29 is 4.79 Å². The molecule has 2 fully saturated rings. The molecule has 1 unspecified atom stereocenters. The zero-order valence-electron chi connectivity index (χ0n) is 13.5. The van der Waals surface area contributed by atoms with Crippen molar-refractivity contribution >= 4 is 35.4 Å². The average molecular weight is 343 g/mol. The van der Waals surface area contributed by atoms with Crippen molar-refractivity contribution in [3.8, 4) is 0 Å². The molecule has 0 radical (unpaired) electrons. The lowest BCUT2D eigenvalue weighted by molar-refractivity contribution is -0.120. The number of fused-ring (bicyclic) bond motifs is 1. The zero-order chi connectivity index (χ0) is 15.9. The summed E-state index contributed by atoms with van der Waals surface area (Å²) in [6, 6.07) is 10.2. The zero-order valence-corrected chi connectivity index (χ0v) is 15.1. The van der Waals surface area contributed by atoms with Gasteiger partial charge in [-0.3, -0.25) is 4.79 Å². The Morgan fingerprint density at radius 2 is 1.87 bits per heavy atom. The fourth-order valence-electron chi connectivity index (χ4n) is 4.19. The standard InChI is InChI=1S/C20H22OS2/c1-14-12-20(22-9-10-23-20)13-17-8-7-16(19(21)18(14)17)11-15-5-3-2-4-6-15/h2-6,11,13-14,18H,7-10,12H2,1H3/b16-11-/t14-,18?/m0/s1. The first-order chi connectivity index (χ1) is 11.2. The maximum atomic E-state index is 13.1. The van der Waals surface area contributed by atoms with Gasteiger partial charge in [0, 0.05) is 17.4 Å². The van der Waals surface area contributed by atoms with Crippen molar-refractivity contribution in [3.05, 3.63) is 53.1 Å². The Hall–Kier alpha value is -0.930. The van der Waals surface area contributed by atoms with Crippen LogP contribution in [0.15, 0.2) is 47.6 Å². The van der Waals surface area contributed by atoms with Gasteiger partial charge in [0.15, 0.2) is 5.78 Å². The van der Waals surface area contributed by atoms with Crippen LogP contribution in [0.3, 0.4) is 0 Å². The molecule has 1 saturated carbocycles. The highest BCUT2D eigenvalue weighted by molar-refractivity contribution is 8.21. The van der Waals surface area contributed by atoms with E-state index in [0.717, 1.165) is 30.4 Å². The summed E-state index contributed by atoms with van der Waals surface area (Å²) in [6.45, 7) is 2.28. The molecule has 23 heavy (non-hydrogen) atoms. The molecular weight excluding hydrogens is 320 g/mol. The Balaban J connectivity index is 1.63. The molecular formula is C20H22OS2. The highest BCUT2D eigenvalue weighted by atomic mass is 32.2. The normalized spacial score (nSPS) is 31.3. The molecule has 4 rings (SSSR count). The van der Waals surface area contributed by atoms with Crippen molar-refractivity contribution in [2.24, 2.45) is 11.8 Å². The van der Waals surface area contributed by atoms with E-state index in [4.69, 9.17) is 0 Å². The second-order valence-corrected chi connectivity index (χ2v) is 9.94. The molecule has 0 N–H and O–H groups in total. The number of benzene rings is 1. The van der Waals surface area contributed by atoms with Gasteiger partial charge in [-0.15, -0.1) is 23.5 Å². The van der Waals surface area contributed by atoms with Crippen LogP contribution in [0.5, 0.6) is 0 Å². The third kappa shape index (κ3) is 2.94. The predicted octanol–water partition coefficient (Wildman–Crippen LogP) is 5.19. The first-order valence-corrected chi connectivity index (χ1v) is 10.4. The Labute approximate surface area is 147 Å². The first-order valence-electron chi connectivity index (χ1n) is 8.46. The molecule has 3 heteroatoms. The lowest BCUT2D eigenvalue weighted by Crippen LogP contribution is -2.37. The fraction of sp³-hybridized carbons (Fsp3) is 0.450. The predicted molar refractivity (Wildman–Crippen MR) is 102 cm³/mol. The smallest absolute Gasteiger partial charge is 0.166 e. The summed E-state index contributed by atoms with van der Waals surface area (Å²) < 4.78 is 0.270. The average Bonchev–Trinajstić information content (AvgIpc) is 2.98. The Morgan fingerprint density at radius 1 is 1.13 bits per heavy atom. The molecule has 1 aliphatic heterocycles. The molecule has 1 saturated heterocycles. The summed E-state index contributed by atoms with van der Waals surface area (Å²) >= 11 is 4.18. The number of Topliss-reactive ketones (excluding diaryl/α,β-unsaturated/α-hetero) is 1. The molecule has 0 bridgehead atoms. The van der Waals surface area contributed by atoms with Crippen molar-refractivity contribution in [2.75, 3.05) is 11.5 Å². The van der Waals surface area contributed by atoms with Crippen LogP contribution < -0.4 is 0 Å². The number of thioether (sulfide) groups is 2. The molecule has 3 aliphatic rings. The highest BCUT2D eigenvalue weighted by Gasteiger charge is 2.45. The maximum absolute atomic E-state index is 13.1. The van der Waals surface area contributed by atoms with Crippen LogP contribution in [-0.2, 0) is 4.79 Å². The third-order valence-electron chi connectivity index (χ3n) is 5.18. The fourth-order valence-corrected chi connectivity index (χ4v) is 7.61. The minimum atomic E-state index is 0.131. The quantitative estimate of drug-likeness (QED) is 0.516. The molecule has 2 aliphatic carbocycles. The van der Waals surface area contributed by atoms with Crippen LogP contribution in [-0.4, -0.2) is 21.4 Å². The molecule has 1 spiro atoms. The Morgan fingerprint density at radius 3 is 2.61 bits per heavy atom. The van der Waals surface area contributed by atoms with Gasteiger partial charge in [0.05, 0.1) is 4.08 Å². The summed E-state index contributed by atoms with van der Waals surface area (Å²) in [7, 11) is 0. The summed E-state index contributed by atoms with van der Waals surface area (Å²) in [4.78, 5) is 13.1. The lowest BCUT2D eigenvalue weighted by atomic mass is 9.69. The first kappa shape index (κ1) is 15.6. The largest absolute Gasteiger partial charge is 0.294 e. The number of carbonyl (C=O) groups is 1. The van der Waals surface area contributed by atoms with Crippen molar-refractivity contribution in [1.29, 1.82) is 0 Å². The molecule has 1 aromatic carbocycles. The van der Waals surface area contributed by atoms with E-state index in [1.807, 2.05) is 18.2 Å². The van der Waals surface area contributed by atoms with Gasteiger partial charge in [-0.1, -0.05) is 48.9 Å². The van der Waals surface area contributed by atoms with Gasteiger partial charge in [-0.25, -0.2) is 0 Å². The van der Waals surface area contributed by atoms with Crippen molar-refractivity contribution in [3.63, 3.8) is 0 Å². The summed E-state index contributed by atoms with van der Waals surface area (Å²) in [6.07, 6.45) is 7.67. The molecule has 0 aromatic heterocycles. The number of allylic oxidation sites excluding steroid dienone is 2. The van der Waals surface area contributed by atoms with E-state index in [2.05, 4.69) is 54.7 Å². The highest BCUT2D eigenvalue weighted by Crippen LogP contribution is 2.55. The topological polar surface area (TPSA) is 17.1 Å². The van der Waals surface area contributed by atoms with Crippen LogP contribution in [0.2, 0.25) is 0 Å². The Bertz CT molecular complexity index is 668. The Kier molecular flexibility index (Phi) is 4.19. The summed E-state index contributed by atoms with van der Waals surface area (Å²) in [5.41, 5.74) is 3.58. The number of rotatable bonds is 1. The van der Waals surface area contributed by atoms with Gasteiger partial charge in [0.1, 0.15) is 0 Å². The summed E-state index contributed by atoms with van der Waals surface area (Å²) in [5.74, 6) is 3.46. The molecule has 1 heterocycles. The van der Waals surface area contributed by atoms with E-state index in [1.165, 1.54) is 17.1 Å². The van der Waals surface area contributed by atoms with E-state index in [-0.39, 0.29) is 10.00 Å². The van der Waals surface area contributed by atoms with E-state index < -0.39 is 0 Å². The van der Waals surface area contributed by atoms with Gasteiger partial charge >= 0.3 is 0 Å². The van der Waals surface area contributed by atoms with Gasteiger partial charge in [-0.05, 0) is 42.4 Å². The monoisotopic (exact) mass is 342 g/mol. The summed E-state index contributed by atoms with van der Waals surface area (Å²) in [5, 5.41) is 0. The van der Waals surface area contributed by atoms with Gasteiger partial charge in [-0.2, -0.15) is 0 Å². The SMILES string of the molecule is C[C@H]1CC2(C=C3CC/C(=C/c4ccccc4)C(=O)C31)SCCS2. The van der Waals surface area contributed by atoms with Gasteiger partial charge in [0.25, 0.3) is 0 Å². The molecule has 0 amide bonds. The molecule has 2 atom stereocenters. The molecule has 120 valence electrons. The van der Waals surface area contributed by atoms with Gasteiger partial charge < -0.3 is 0 Å². The van der Waals surface area contributed by atoms with Crippen LogP contribution in [0, 0.1) is 11.8 Å². The van der Waals surface area contributed by atoms with E-state index in [1.54, 1.807) is 0 Å². The van der Waals surface area contributed by atoms with E-state index in [0.29, 0.717) is 11.7 Å². The molecule has 1 aromatic rings. The second-order valence-electron chi connectivity index (χ2n) is 6.83. The maximum Gasteiger partial charge on any atom is 0.166 e. The molecule has 1 nitrogen and oxygen atoms in total. The van der Waals surface area contributed by atoms with Crippen LogP contribution in [0.1, 0.15) is 31.7 Å². The van der Waals surface area contributed by atoms with Gasteiger partial charge in [0.2, 0.25) is 0 Å². The number of carbonyl (C=O) groups excluding carboxylic acids is 1. The minimum absolute atomic E-state index is 0.131. The number of ketones is 1. The van der Waals surface area contributed by atoms with Crippen LogP contribution >= 0.6 is 23.5 Å². The third-order valence-corrected chi connectivity index (χ3v) is 8.51. The number of hydrogen-bond donors (Lipinski definition) is 0. The van der Waals surface area contributed by atoms with E-state index in [9.17, 15) is 4.79 Å². The van der Waals surface area contributed by atoms with Crippen molar-refractivity contribution in [1.82, 2.24) is 0 Å². The van der Waals surface area contributed by atoms with Crippen LogP contribution in [0.4, 0.5) is 0 Å². The van der Waals surface area contributed by atoms with E-state index >= 15 is 0 Å². The van der Waals surface area contributed by atoms with Crippen LogP contribution in [0.25, 0.3) is 6.08 Å².